The van der Waals surface area contributed by atoms with E-state index < -0.39 is 5.97 Å². The second-order valence-electron chi connectivity index (χ2n) is 8.24. The number of hydrogen-bond donors (Lipinski definition) is 0. The molecule has 10 heteroatoms. The average Bonchev–Trinajstić information content (AvgIpc) is 2.85. The summed E-state index contributed by atoms with van der Waals surface area (Å²) in [5.41, 5.74) is 0.969. The first-order valence-electron chi connectivity index (χ1n) is 11.6. The Kier molecular flexibility index (Phi) is 9.46. The van der Waals surface area contributed by atoms with Crippen molar-refractivity contribution in [1.29, 1.82) is 0 Å². The van der Waals surface area contributed by atoms with Gasteiger partial charge in [0.1, 0.15) is 5.82 Å². The van der Waals surface area contributed by atoms with Crippen LogP contribution in [-0.4, -0.2) is 48.8 Å². The zero-order valence-electron chi connectivity index (χ0n) is 21.0. The second-order valence-corrected chi connectivity index (χ2v) is 9.15. The summed E-state index contributed by atoms with van der Waals surface area (Å²) < 4.78 is 23.8. The van der Waals surface area contributed by atoms with E-state index in [1.165, 1.54) is 25.1 Å². The number of halogens is 1. The lowest BCUT2D eigenvalue weighted by molar-refractivity contribution is -0.149. The minimum atomic E-state index is -0.505. The molecule has 0 saturated heterocycles. The lowest BCUT2D eigenvalue weighted by atomic mass is 10.2. The maximum atomic E-state index is 13.3. The number of hydrogen-bond acceptors (Lipinski definition) is 8. The fourth-order valence-electron chi connectivity index (χ4n) is 3.48. The van der Waals surface area contributed by atoms with Crippen molar-refractivity contribution < 1.29 is 23.7 Å². The molecule has 0 unspecified atom stereocenters. The molecule has 36 heavy (non-hydrogen) atoms. The van der Waals surface area contributed by atoms with Gasteiger partial charge in [-0.3, -0.25) is 4.79 Å². The van der Waals surface area contributed by atoms with Crippen LogP contribution in [-0.2, 0) is 16.0 Å². The number of carbonyl (C=O) groups is 1. The molecule has 0 atom stereocenters. The number of ether oxygens (including phenoxy) is 4. The Hall–Kier alpha value is -3.40. The fraction of sp³-hybridized carbons (Fsp3) is 0.385. The minimum absolute atomic E-state index is 0.250. The average molecular weight is 560 g/mol. The van der Waals surface area contributed by atoms with Crippen molar-refractivity contribution in [3.05, 3.63) is 56.5 Å². The van der Waals surface area contributed by atoms with Gasteiger partial charge in [0.2, 0.25) is 5.75 Å². The summed E-state index contributed by atoms with van der Waals surface area (Å²) in [6.07, 6.45) is 3.72. The van der Waals surface area contributed by atoms with Gasteiger partial charge in [0.25, 0.3) is 5.56 Å². The number of benzene rings is 2. The van der Waals surface area contributed by atoms with Crippen LogP contribution in [0.15, 0.2) is 44.7 Å². The molecular weight excluding hydrogens is 530 g/mol. The van der Waals surface area contributed by atoms with Crippen LogP contribution in [0.1, 0.15) is 45.0 Å². The van der Waals surface area contributed by atoms with Crippen molar-refractivity contribution in [3.63, 3.8) is 0 Å². The molecule has 3 rings (SSSR count). The molecular formula is C26H30BrN3O6. The maximum absolute atomic E-state index is 13.3. The van der Waals surface area contributed by atoms with Crippen LogP contribution in [0.4, 0.5) is 0 Å². The number of nitrogens with zero attached hydrogens (tertiary/aromatic N) is 3. The molecule has 1 aromatic heterocycles. The molecule has 0 fully saturated rings. The third-order valence-corrected chi connectivity index (χ3v) is 5.63. The largest absolute Gasteiger partial charge is 0.493 e. The second kappa shape index (κ2) is 12.5. The van der Waals surface area contributed by atoms with Crippen LogP contribution in [0.2, 0.25) is 0 Å². The highest BCUT2D eigenvalue weighted by molar-refractivity contribution is 9.10. The topological polar surface area (TPSA) is 101 Å². The number of unbranched alkanes of at least 4 members (excludes halogenated alkanes) is 1. The molecule has 0 spiro atoms. The summed E-state index contributed by atoms with van der Waals surface area (Å²) in [4.78, 5) is 29.9. The normalized spacial score (nSPS) is 11.3. The van der Waals surface area contributed by atoms with Gasteiger partial charge in [0.05, 0.1) is 37.4 Å². The molecule has 0 amide bonds. The predicted molar refractivity (Wildman–Crippen MR) is 142 cm³/mol. The minimum Gasteiger partial charge on any atom is -0.493 e. The van der Waals surface area contributed by atoms with E-state index in [0.717, 1.165) is 17.3 Å². The molecule has 3 aromatic rings. The number of fused-ring (bicyclic) bond motifs is 1. The molecule has 1 heterocycles. The van der Waals surface area contributed by atoms with Crippen molar-refractivity contribution >= 4 is 39.0 Å². The standard InChI is InChI=1S/C26H30BrN3O6/c1-6-7-8-23-29-20-10-9-18(27)13-19(20)26(32)30(23)28-14-17-11-21(33-4)25(22(12-17)34-5)35-15-24(31)36-16(2)3/h9-14,16H,6-8,15H2,1-5H3. The van der Waals surface area contributed by atoms with Crippen molar-refractivity contribution in [2.24, 2.45) is 5.10 Å². The van der Waals surface area contributed by atoms with Crippen molar-refractivity contribution in [1.82, 2.24) is 9.66 Å². The van der Waals surface area contributed by atoms with E-state index in [1.54, 1.807) is 32.0 Å². The Morgan fingerprint density at radius 2 is 1.86 bits per heavy atom. The zero-order chi connectivity index (χ0) is 26.2. The maximum Gasteiger partial charge on any atom is 0.344 e. The summed E-state index contributed by atoms with van der Waals surface area (Å²) in [6.45, 7) is 5.30. The van der Waals surface area contributed by atoms with Crippen molar-refractivity contribution in [3.8, 4) is 17.2 Å². The highest BCUT2D eigenvalue weighted by Crippen LogP contribution is 2.38. The van der Waals surface area contributed by atoms with E-state index in [9.17, 15) is 9.59 Å². The highest BCUT2D eigenvalue weighted by Gasteiger charge is 2.17. The number of rotatable bonds is 11. The van der Waals surface area contributed by atoms with E-state index >= 15 is 0 Å². The molecule has 0 aliphatic carbocycles. The Balaban J connectivity index is 1.99. The molecule has 0 aliphatic rings. The van der Waals surface area contributed by atoms with Crippen LogP contribution < -0.4 is 19.8 Å². The van der Waals surface area contributed by atoms with Gasteiger partial charge in [-0.05, 0) is 50.6 Å². The van der Waals surface area contributed by atoms with Gasteiger partial charge in [0, 0.05) is 16.5 Å². The van der Waals surface area contributed by atoms with E-state index in [1.807, 2.05) is 12.1 Å². The van der Waals surface area contributed by atoms with Crippen LogP contribution in [0.5, 0.6) is 17.2 Å². The van der Waals surface area contributed by atoms with Crippen molar-refractivity contribution in [2.75, 3.05) is 20.8 Å². The smallest absolute Gasteiger partial charge is 0.344 e. The Labute approximate surface area is 218 Å². The summed E-state index contributed by atoms with van der Waals surface area (Å²) in [5.74, 6) is 1.01. The molecule has 9 nitrogen and oxygen atoms in total. The zero-order valence-corrected chi connectivity index (χ0v) is 22.6. The number of carbonyl (C=O) groups excluding carboxylic acids is 1. The van der Waals surface area contributed by atoms with E-state index in [4.69, 9.17) is 18.9 Å². The first kappa shape index (κ1) is 27.2. The summed E-state index contributed by atoms with van der Waals surface area (Å²) in [7, 11) is 2.96. The van der Waals surface area contributed by atoms with Gasteiger partial charge >= 0.3 is 5.97 Å². The molecule has 0 bridgehead atoms. The first-order valence-corrected chi connectivity index (χ1v) is 12.4. The molecule has 0 N–H and O–H groups in total. The lowest BCUT2D eigenvalue weighted by Gasteiger charge is -2.15. The van der Waals surface area contributed by atoms with Crippen LogP contribution in [0.25, 0.3) is 10.9 Å². The number of methoxy groups -OCH3 is 2. The van der Waals surface area contributed by atoms with E-state index in [-0.39, 0.29) is 24.0 Å². The molecule has 0 aliphatic heterocycles. The van der Waals surface area contributed by atoms with Crippen LogP contribution >= 0.6 is 15.9 Å². The quantitative estimate of drug-likeness (QED) is 0.247. The number of esters is 1. The predicted octanol–water partition coefficient (Wildman–Crippen LogP) is 4.73. The highest BCUT2D eigenvalue weighted by atomic mass is 79.9. The van der Waals surface area contributed by atoms with E-state index in [2.05, 4.69) is 32.9 Å². The molecule has 2 aromatic carbocycles. The van der Waals surface area contributed by atoms with Crippen molar-refractivity contribution in [2.45, 2.75) is 46.1 Å². The Morgan fingerprint density at radius 1 is 1.17 bits per heavy atom. The Bertz CT molecular complexity index is 1290. The number of aryl methyl sites for hydroxylation is 1. The molecule has 0 saturated carbocycles. The van der Waals surface area contributed by atoms with Gasteiger partial charge in [-0.15, -0.1) is 0 Å². The fourth-order valence-corrected chi connectivity index (χ4v) is 3.84. The summed E-state index contributed by atoms with van der Waals surface area (Å²) in [6, 6.07) is 8.77. The Morgan fingerprint density at radius 3 is 2.47 bits per heavy atom. The number of aromatic nitrogens is 2. The lowest BCUT2D eigenvalue weighted by Crippen LogP contribution is -2.22. The SMILES string of the molecule is CCCCc1nc2ccc(Br)cc2c(=O)n1N=Cc1cc(OC)c(OCC(=O)OC(C)C)c(OC)c1. The monoisotopic (exact) mass is 559 g/mol. The van der Waals surface area contributed by atoms with Crippen LogP contribution in [0.3, 0.4) is 0 Å². The summed E-state index contributed by atoms with van der Waals surface area (Å²) >= 11 is 3.42. The molecule has 192 valence electrons. The molecule has 0 radical (unpaired) electrons. The third kappa shape index (κ3) is 6.63. The van der Waals surface area contributed by atoms with Crippen LogP contribution in [0, 0.1) is 0 Å². The summed E-state index contributed by atoms with van der Waals surface area (Å²) in [5, 5.41) is 4.94. The van der Waals surface area contributed by atoms with E-state index in [0.29, 0.717) is 40.2 Å². The van der Waals surface area contributed by atoms with Gasteiger partial charge < -0.3 is 18.9 Å². The van der Waals surface area contributed by atoms with Gasteiger partial charge in [0.15, 0.2) is 18.1 Å². The van der Waals surface area contributed by atoms with Gasteiger partial charge in [-0.2, -0.15) is 9.78 Å². The van der Waals surface area contributed by atoms with Gasteiger partial charge in [-0.1, -0.05) is 29.3 Å². The van der Waals surface area contributed by atoms with Gasteiger partial charge in [-0.25, -0.2) is 9.78 Å². The third-order valence-electron chi connectivity index (χ3n) is 5.14. The first-order chi connectivity index (χ1) is 17.3.